The molecule has 4 nitrogen and oxygen atoms in total. The monoisotopic (exact) mass is 230 g/mol. The third kappa shape index (κ3) is 7.51. The maximum Gasteiger partial charge on any atom is 0.410 e. The number of rotatable bonds is 5. The molecule has 0 saturated carbocycles. The summed E-state index contributed by atoms with van der Waals surface area (Å²) < 4.78 is 5.26. The maximum atomic E-state index is 11.6. The summed E-state index contributed by atoms with van der Waals surface area (Å²) in [5, 5.41) is 0. The van der Waals surface area contributed by atoms with E-state index in [-0.39, 0.29) is 6.09 Å². The van der Waals surface area contributed by atoms with Crippen molar-refractivity contribution in [2.45, 2.75) is 39.7 Å². The smallest absolute Gasteiger partial charge is 0.410 e. The number of carbonyl (C=O) groups is 1. The summed E-state index contributed by atoms with van der Waals surface area (Å²) in [6.07, 6.45) is 0.879. The molecule has 0 aromatic carbocycles. The minimum absolute atomic E-state index is 0.252. The molecule has 1 amide bonds. The number of amides is 1. The first-order valence-corrected chi connectivity index (χ1v) is 5.89. The number of likely N-dealkylation sites (N-methyl/N-ethyl adjacent to an activating group) is 2. The minimum Gasteiger partial charge on any atom is -0.444 e. The fourth-order valence-corrected chi connectivity index (χ4v) is 1.25. The van der Waals surface area contributed by atoms with Gasteiger partial charge in [0.2, 0.25) is 0 Å². The van der Waals surface area contributed by atoms with Crippen LogP contribution in [0, 0.1) is 0 Å². The van der Waals surface area contributed by atoms with Crippen molar-refractivity contribution >= 4 is 6.09 Å². The number of ether oxygens (including phenoxy) is 1. The molecule has 0 bridgehead atoms. The van der Waals surface area contributed by atoms with Gasteiger partial charge >= 0.3 is 6.09 Å². The Bertz CT molecular complexity index is 212. The Morgan fingerprint density at radius 1 is 1.12 bits per heavy atom. The van der Waals surface area contributed by atoms with Crippen LogP contribution in [0.5, 0.6) is 0 Å². The van der Waals surface area contributed by atoms with E-state index in [0.717, 1.165) is 19.5 Å². The molecule has 0 saturated heterocycles. The van der Waals surface area contributed by atoms with Gasteiger partial charge in [0, 0.05) is 20.1 Å². The molecule has 0 aromatic rings. The van der Waals surface area contributed by atoms with E-state index in [0.29, 0.717) is 6.54 Å². The molecule has 0 aliphatic carbocycles. The van der Waals surface area contributed by atoms with Crippen LogP contribution in [0.2, 0.25) is 0 Å². The largest absolute Gasteiger partial charge is 0.444 e. The lowest BCUT2D eigenvalue weighted by molar-refractivity contribution is 0.0287. The molecule has 0 unspecified atom stereocenters. The van der Waals surface area contributed by atoms with Crippen LogP contribution in [0.4, 0.5) is 4.79 Å². The van der Waals surface area contributed by atoms with E-state index in [1.54, 1.807) is 11.9 Å². The second-order valence-corrected chi connectivity index (χ2v) is 5.21. The summed E-state index contributed by atoms with van der Waals surface area (Å²) in [6, 6.07) is 0. The van der Waals surface area contributed by atoms with Gasteiger partial charge in [-0.3, -0.25) is 0 Å². The van der Waals surface area contributed by atoms with Gasteiger partial charge in [-0.05, 0) is 40.8 Å². The molecular weight excluding hydrogens is 204 g/mol. The molecule has 4 heteroatoms. The zero-order valence-electron chi connectivity index (χ0n) is 11.5. The predicted octanol–water partition coefficient (Wildman–Crippen LogP) is 2.20. The molecular formula is C12H26N2O2. The van der Waals surface area contributed by atoms with Crippen LogP contribution in [0.1, 0.15) is 34.1 Å². The average Bonchev–Trinajstić information content (AvgIpc) is 2.11. The van der Waals surface area contributed by atoms with E-state index in [1.165, 1.54) is 0 Å². The van der Waals surface area contributed by atoms with Crippen LogP contribution < -0.4 is 0 Å². The topological polar surface area (TPSA) is 32.8 Å². The molecule has 0 heterocycles. The maximum absolute atomic E-state index is 11.6. The van der Waals surface area contributed by atoms with Crippen LogP contribution in [-0.2, 0) is 4.74 Å². The van der Waals surface area contributed by atoms with Gasteiger partial charge in [0.25, 0.3) is 0 Å². The Balaban J connectivity index is 3.88. The zero-order chi connectivity index (χ0) is 12.8. The van der Waals surface area contributed by atoms with E-state index >= 15 is 0 Å². The summed E-state index contributed by atoms with van der Waals surface area (Å²) in [6.45, 7) is 10.4. The Kier molecular flexibility index (Phi) is 6.41. The third-order valence-electron chi connectivity index (χ3n) is 2.13. The number of hydrogen-bond acceptors (Lipinski definition) is 3. The standard InChI is InChI=1S/C12H26N2O2/c1-7-8-13(5)9-10-14(6)11(15)16-12(2,3)4/h7-10H2,1-6H3. The van der Waals surface area contributed by atoms with Gasteiger partial charge in [0.15, 0.2) is 0 Å². The molecule has 96 valence electrons. The summed E-state index contributed by atoms with van der Waals surface area (Å²) in [4.78, 5) is 15.4. The van der Waals surface area contributed by atoms with Gasteiger partial charge in [-0.1, -0.05) is 6.92 Å². The van der Waals surface area contributed by atoms with Crippen LogP contribution >= 0.6 is 0 Å². The van der Waals surface area contributed by atoms with E-state index in [1.807, 2.05) is 20.8 Å². The van der Waals surface area contributed by atoms with E-state index in [4.69, 9.17) is 4.74 Å². The molecule has 0 rings (SSSR count). The normalized spacial score (nSPS) is 11.7. The first-order chi connectivity index (χ1) is 7.26. The summed E-state index contributed by atoms with van der Waals surface area (Å²) in [7, 11) is 3.83. The van der Waals surface area contributed by atoms with E-state index < -0.39 is 5.60 Å². The highest BCUT2D eigenvalue weighted by molar-refractivity contribution is 5.67. The van der Waals surface area contributed by atoms with Gasteiger partial charge in [0.1, 0.15) is 5.60 Å². The van der Waals surface area contributed by atoms with Crippen molar-refractivity contribution in [2.75, 3.05) is 33.7 Å². The van der Waals surface area contributed by atoms with Crippen LogP contribution in [0.25, 0.3) is 0 Å². The number of nitrogens with zero attached hydrogens (tertiary/aromatic N) is 2. The van der Waals surface area contributed by atoms with Gasteiger partial charge in [0.05, 0.1) is 0 Å². The highest BCUT2D eigenvalue weighted by Gasteiger charge is 2.19. The Labute approximate surface area is 99.5 Å². The Morgan fingerprint density at radius 3 is 2.12 bits per heavy atom. The molecule has 0 atom stereocenters. The summed E-state index contributed by atoms with van der Waals surface area (Å²) >= 11 is 0. The van der Waals surface area contributed by atoms with Gasteiger partial charge < -0.3 is 14.5 Å². The summed E-state index contributed by atoms with van der Waals surface area (Å²) in [5.41, 5.74) is -0.416. The van der Waals surface area contributed by atoms with Gasteiger partial charge in [-0.15, -0.1) is 0 Å². The van der Waals surface area contributed by atoms with Crippen molar-refractivity contribution in [3.63, 3.8) is 0 Å². The SMILES string of the molecule is CCCN(C)CCN(C)C(=O)OC(C)(C)C. The first-order valence-electron chi connectivity index (χ1n) is 5.89. The van der Waals surface area contributed by atoms with Crippen molar-refractivity contribution < 1.29 is 9.53 Å². The first kappa shape index (κ1) is 15.2. The number of carbonyl (C=O) groups excluding carboxylic acids is 1. The third-order valence-corrected chi connectivity index (χ3v) is 2.13. The lowest BCUT2D eigenvalue weighted by Gasteiger charge is -2.26. The fraction of sp³-hybridized carbons (Fsp3) is 0.917. The molecule has 0 N–H and O–H groups in total. The van der Waals surface area contributed by atoms with Crippen molar-refractivity contribution in [2.24, 2.45) is 0 Å². The highest BCUT2D eigenvalue weighted by Crippen LogP contribution is 2.08. The van der Waals surface area contributed by atoms with Crippen LogP contribution in [-0.4, -0.2) is 55.2 Å². The van der Waals surface area contributed by atoms with E-state index in [2.05, 4.69) is 18.9 Å². The van der Waals surface area contributed by atoms with Crippen molar-refractivity contribution in [3.05, 3.63) is 0 Å². The molecule has 0 radical (unpaired) electrons. The molecule has 0 aromatic heterocycles. The Morgan fingerprint density at radius 2 is 1.69 bits per heavy atom. The van der Waals surface area contributed by atoms with Crippen molar-refractivity contribution in [1.29, 1.82) is 0 Å². The summed E-state index contributed by atoms with van der Waals surface area (Å²) in [5.74, 6) is 0. The van der Waals surface area contributed by atoms with Crippen molar-refractivity contribution in [3.8, 4) is 0 Å². The van der Waals surface area contributed by atoms with Crippen LogP contribution in [0.3, 0.4) is 0 Å². The quantitative estimate of drug-likeness (QED) is 0.726. The zero-order valence-corrected chi connectivity index (χ0v) is 11.5. The highest BCUT2D eigenvalue weighted by atomic mass is 16.6. The second kappa shape index (κ2) is 6.74. The van der Waals surface area contributed by atoms with Crippen LogP contribution in [0.15, 0.2) is 0 Å². The fourth-order valence-electron chi connectivity index (χ4n) is 1.25. The molecule has 16 heavy (non-hydrogen) atoms. The predicted molar refractivity (Wildman–Crippen MR) is 66.7 cm³/mol. The average molecular weight is 230 g/mol. The number of hydrogen-bond donors (Lipinski definition) is 0. The molecule has 0 spiro atoms. The lowest BCUT2D eigenvalue weighted by atomic mass is 10.2. The lowest BCUT2D eigenvalue weighted by Crippen LogP contribution is -2.38. The molecule has 0 fully saturated rings. The van der Waals surface area contributed by atoms with Crippen molar-refractivity contribution in [1.82, 2.24) is 9.80 Å². The van der Waals surface area contributed by atoms with Gasteiger partial charge in [-0.25, -0.2) is 4.79 Å². The van der Waals surface area contributed by atoms with Gasteiger partial charge in [-0.2, -0.15) is 0 Å². The van der Waals surface area contributed by atoms with E-state index in [9.17, 15) is 4.79 Å². The minimum atomic E-state index is -0.416. The molecule has 0 aliphatic rings. The Hall–Kier alpha value is -0.770. The second-order valence-electron chi connectivity index (χ2n) is 5.21. The molecule has 0 aliphatic heterocycles.